The highest BCUT2D eigenvalue weighted by atomic mass is 14.9. The van der Waals surface area contributed by atoms with E-state index in [4.69, 9.17) is 4.11 Å². The third kappa shape index (κ3) is 19.1. The molecule has 0 aliphatic rings. The molecular weight excluding hydrogens is 1130 g/mol. The summed E-state index contributed by atoms with van der Waals surface area (Å²) in [5, 5.41) is 0. The van der Waals surface area contributed by atoms with E-state index >= 15 is 0 Å². The molecule has 7 heterocycles. The lowest BCUT2D eigenvalue weighted by molar-refractivity contribution is -0.660. The van der Waals surface area contributed by atoms with Gasteiger partial charge in [-0.05, 0) is 209 Å². The summed E-state index contributed by atoms with van der Waals surface area (Å²) >= 11 is 0. The Kier molecular flexibility index (Phi) is 23.4. The Morgan fingerprint density at radius 1 is 0.247 bits per heavy atom. The molecule has 0 bridgehead atoms. The minimum atomic E-state index is -2.05. The van der Waals surface area contributed by atoms with E-state index < -0.39 is 6.85 Å². The fraction of sp³-hybridized carbons (Fsp3) is 0.244. The zero-order valence-corrected chi connectivity index (χ0v) is 59.1. The Balaban J connectivity index is 0.000000163. The van der Waals surface area contributed by atoms with Gasteiger partial charge in [-0.2, -0.15) is 0 Å². The van der Waals surface area contributed by atoms with Gasteiger partial charge in [-0.15, -0.1) is 0 Å². The molecule has 12 aromatic rings. The average Bonchev–Trinajstić information content (AvgIpc) is 0.858. The second-order valence-corrected chi connectivity index (χ2v) is 25.1. The fourth-order valence-corrected chi connectivity index (χ4v) is 11.6. The van der Waals surface area contributed by atoms with Crippen LogP contribution in [0.1, 0.15) is 87.6 Å². The highest BCUT2D eigenvalue weighted by molar-refractivity contribution is 5.65. The minimum Gasteiger partial charge on any atom is -0.264 e. The van der Waals surface area contributed by atoms with E-state index in [1.54, 1.807) is 12.3 Å². The zero-order valence-electron chi connectivity index (χ0n) is 62.1. The molecule has 93 heavy (non-hydrogen) atoms. The van der Waals surface area contributed by atoms with Crippen molar-refractivity contribution in [1.29, 1.82) is 0 Å². The SMILES string of the molecule is Cc1cc(-c2ccccc2C)[n+](C)cc1C.Cc1ccc(-c2cc(C)c(C)c[n+]2C)c(C)c1.Cc1ccc(-c2ccc(C)c[n+]2C)c(C)c1.Cc1ccc(-c2ccccc2C)[n+](C)c1.Cc1ccncc1-c1cccc[n+]1C.[2H]C([2H])([2H])c1ccc(-c2ccccc2C)[n+](C)c1. The molecule has 0 N–H and O–H groups in total. The van der Waals surface area contributed by atoms with Crippen molar-refractivity contribution < 1.29 is 31.5 Å². The number of benzene rings is 5. The van der Waals surface area contributed by atoms with Crippen LogP contribution in [0.2, 0.25) is 0 Å². The third-order valence-corrected chi connectivity index (χ3v) is 17.1. The van der Waals surface area contributed by atoms with Gasteiger partial charge in [0.2, 0.25) is 34.2 Å². The molecular formula is C86H101N7+6. The van der Waals surface area contributed by atoms with E-state index in [0.717, 1.165) is 11.3 Å². The molecule has 7 heteroatoms. The second-order valence-electron chi connectivity index (χ2n) is 25.1. The summed E-state index contributed by atoms with van der Waals surface area (Å²) in [6.07, 6.45) is 16.2. The van der Waals surface area contributed by atoms with Gasteiger partial charge in [0.1, 0.15) is 42.3 Å². The minimum absolute atomic E-state index is 0.363. The van der Waals surface area contributed by atoms with E-state index in [-0.39, 0.29) is 0 Å². The molecule has 0 unspecified atom stereocenters. The third-order valence-electron chi connectivity index (χ3n) is 17.1. The summed E-state index contributed by atoms with van der Waals surface area (Å²) in [7, 11) is 12.3. The molecule has 0 aliphatic heterocycles. The number of hydrogen-bond acceptors (Lipinski definition) is 1. The Morgan fingerprint density at radius 2 is 0.581 bits per heavy atom. The van der Waals surface area contributed by atoms with Gasteiger partial charge in [0.25, 0.3) is 0 Å². The number of aryl methyl sites for hydroxylation is 21. The van der Waals surface area contributed by atoms with Crippen LogP contribution in [0.3, 0.4) is 0 Å². The number of hydrogen-bond donors (Lipinski definition) is 0. The van der Waals surface area contributed by atoms with Crippen molar-refractivity contribution in [2.45, 2.75) is 104 Å². The van der Waals surface area contributed by atoms with E-state index in [1.165, 1.54) is 134 Å². The molecule has 5 aromatic carbocycles. The summed E-state index contributed by atoms with van der Waals surface area (Å²) < 4.78 is 35.0. The molecule has 0 fully saturated rings. The first-order valence-electron chi connectivity index (χ1n) is 33.6. The van der Waals surface area contributed by atoms with Crippen LogP contribution in [-0.4, -0.2) is 4.98 Å². The molecule has 0 atom stereocenters. The van der Waals surface area contributed by atoms with Crippen molar-refractivity contribution in [2.24, 2.45) is 42.3 Å². The first-order chi connectivity index (χ1) is 45.5. The van der Waals surface area contributed by atoms with Gasteiger partial charge >= 0.3 is 0 Å². The molecule has 7 aromatic heterocycles. The van der Waals surface area contributed by atoms with E-state index in [9.17, 15) is 0 Å². The Labute approximate surface area is 562 Å². The quantitative estimate of drug-likeness (QED) is 0.153. The van der Waals surface area contributed by atoms with Crippen LogP contribution in [0.15, 0.2) is 232 Å². The van der Waals surface area contributed by atoms with Gasteiger partial charge in [0.05, 0.1) is 5.56 Å². The first-order valence-corrected chi connectivity index (χ1v) is 32.1. The van der Waals surface area contributed by atoms with Gasteiger partial charge in [0.15, 0.2) is 37.2 Å². The molecule has 7 nitrogen and oxygen atoms in total. The van der Waals surface area contributed by atoms with Crippen LogP contribution in [0.5, 0.6) is 0 Å². The first kappa shape index (κ1) is 66.1. The van der Waals surface area contributed by atoms with Gasteiger partial charge in [-0.25, -0.2) is 27.4 Å². The molecule has 0 spiro atoms. The predicted molar refractivity (Wildman–Crippen MR) is 387 cm³/mol. The molecule has 0 radical (unpaired) electrons. The van der Waals surface area contributed by atoms with Crippen molar-refractivity contribution in [3.05, 3.63) is 315 Å². The van der Waals surface area contributed by atoms with Crippen LogP contribution in [0.25, 0.3) is 67.5 Å². The molecule has 474 valence electrons. The molecule has 0 aliphatic carbocycles. The topological polar surface area (TPSA) is 36.2 Å². The summed E-state index contributed by atoms with van der Waals surface area (Å²) in [6.45, 7) is 27.9. The van der Waals surface area contributed by atoms with Crippen LogP contribution in [0.4, 0.5) is 0 Å². The van der Waals surface area contributed by atoms with Crippen molar-refractivity contribution >= 4 is 0 Å². The van der Waals surface area contributed by atoms with Gasteiger partial charge in [0, 0.05) is 115 Å². The van der Waals surface area contributed by atoms with Crippen LogP contribution >= 0.6 is 0 Å². The second kappa shape index (κ2) is 32.9. The predicted octanol–water partition coefficient (Wildman–Crippen LogP) is 17.1. The van der Waals surface area contributed by atoms with Crippen molar-refractivity contribution in [1.82, 2.24) is 4.98 Å². The maximum atomic E-state index is 7.41. The maximum Gasteiger partial charge on any atom is 0.214 e. The Morgan fingerprint density at radius 3 is 0.968 bits per heavy atom. The largest absolute Gasteiger partial charge is 0.264 e. The number of rotatable bonds is 6. The summed E-state index contributed by atoms with van der Waals surface area (Å²) in [5.74, 6) is 0. The van der Waals surface area contributed by atoms with Gasteiger partial charge in [-0.3, -0.25) is 4.98 Å². The Hall–Kier alpha value is -9.85. The fourth-order valence-electron chi connectivity index (χ4n) is 11.6. The zero-order chi connectivity index (χ0) is 70.1. The van der Waals surface area contributed by atoms with Crippen molar-refractivity contribution in [2.75, 3.05) is 0 Å². The number of pyridine rings is 7. The van der Waals surface area contributed by atoms with E-state index in [1.807, 2.05) is 92.7 Å². The molecule has 12 rings (SSSR count). The monoisotopic (exact) mass is 1230 g/mol. The average molecular weight is 1240 g/mol. The van der Waals surface area contributed by atoms with Crippen LogP contribution in [0, 0.1) is 104 Å². The molecule has 0 amide bonds. The van der Waals surface area contributed by atoms with Gasteiger partial charge < -0.3 is 0 Å². The van der Waals surface area contributed by atoms with Gasteiger partial charge in [-0.1, -0.05) is 90.0 Å². The number of nitrogens with zero attached hydrogens (tertiary/aromatic N) is 7. The highest BCUT2D eigenvalue weighted by Gasteiger charge is 2.18. The molecule has 0 saturated heterocycles. The van der Waals surface area contributed by atoms with E-state index in [2.05, 4.69) is 298 Å². The normalized spacial score (nSPS) is 11.0. The van der Waals surface area contributed by atoms with Crippen molar-refractivity contribution in [3.8, 4) is 67.5 Å². The smallest absolute Gasteiger partial charge is 0.214 e. The van der Waals surface area contributed by atoms with E-state index in [0.29, 0.717) is 5.56 Å². The lowest BCUT2D eigenvalue weighted by Crippen LogP contribution is -2.31. The summed E-state index contributed by atoms with van der Waals surface area (Å²) in [4.78, 5) is 4.15. The van der Waals surface area contributed by atoms with Crippen LogP contribution in [-0.2, 0) is 42.3 Å². The lowest BCUT2D eigenvalue weighted by atomic mass is 10.0. The lowest BCUT2D eigenvalue weighted by Gasteiger charge is -2.07. The highest BCUT2D eigenvalue weighted by Crippen LogP contribution is 2.26. The van der Waals surface area contributed by atoms with Crippen LogP contribution < -0.4 is 27.4 Å². The van der Waals surface area contributed by atoms with Crippen molar-refractivity contribution in [3.63, 3.8) is 0 Å². The maximum absolute atomic E-state index is 7.41. The summed E-state index contributed by atoms with van der Waals surface area (Å²) in [6, 6.07) is 63.3. The standard InChI is InChI=1S/C16H20N.2C15H18N.2C14H16N.C12H13N2/c1-11-6-7-15(13(3)8-11)16-9-12(2)14(4)10-17(16)5;1-11-5-7-14(13(3)9-11)15-8-6-12(2)10-16(15)4;1-11-7-5-6-8-14(11)15-9-12(2)13(3)10-16(15)4;2*1-11-8-9-14(15(3)10-11)13-7-5-4-6-12(13)2;1-10-6-7-13-9-11(10)12-5-3-4-8-14(12)2/h6-10H,1-5H3;2*5-10H,1-4H3;2*4-10H,1-3H3;3-9H,1-2H3/q6*+1/i;;;1D3;;. The molecule has 0 saturated carbocycles. The number of aromatic nitrogens is 7. The summed E-state index contributed by atoms with van der Waals surface area (Å²) in [5.41, 5.74) is 33.5. The Bertz CT molecular complexity index is 4560.